The van der Waals surface area contributed by atoms with Crippen molar-refractivity contribution in [3.8, 4) is 0 Å². The molecular formula is C13H25N2+. The first kappa shape index (κ1) is 12.3. The van der Waals surface area contributed by atoms with Crippen LogP contribution in [0.4, 0.5) is 0 Å². The van der Waals surface area contributed by atoms with Gasteiger partial charge in [0, 0.05) is 0 Å². The molecule has 15 heavy (non-hydrogen) atoms. The van der Waals surface area contributed by atoms with Crippen LogP contribution in [0.1, 0.15) is 46.5 Å². The van der Waals surface area contributed by atoms with Gasteiger partial charge in [-0.2, -0.15) is 0 Å². The second-order valence-electron chi connectivity index (χ2n) is 4.52. The summed E-state index contributed by atoms with van der Waals surface area (Å²) in [5, 5.41) is 0. The summed E-state index contributed by atoms with van der Waals surface area (Å²) >= 11 is 0. The highest BCUT2D eigenvalue weighted by Gasteiger charge is 2.05. The fourth-order valence-electron chi connectivity index (χ4n) is 1.82. The Labute approximate surface area is 93.9 Å². The first-order valence-electron chi connectivity index (χ1n) is 6.31. The molecule has 0 saturated carbocycles. The molecule has 86 valence electrons. The molecule has 0 fully saturated rings. The standard InChI is InChI=1S/C13H25N2/c1-4-6-7-13(3)8-9-15-11-10-14(5-2)12-15/h10-13H,4-9H2,1-3H3/q+1. The SMILES string of the molecule is CCCCC(C)CCn1cc[n+](CC)c1. The minimum atomic E-state index is 0.863. The summed E-state index contributed by atoms with van der Waals surface area (Å²) in [6, 6.07) is 0. The lowest BCUT2D eigenvalue weighted by Gasteiger charge is -2.08. The van der Waals surface area contributed by atoms with Crippen molar-refractivity contribution in [2.45, 2.75) is 59.5 Å². The minimum Gasteiger partial charge on any atom is -0.237 e. The van der Waals surface area contributed by atoms with Gasteiger partial charge >= 0.3 is 0 Å². The minimum absolute atomic E-state index is 0.863. The molecule has 2 nitrogen and oxygen atoms in total. The molecule has 0 N–H and O–H groups in total. The molecular weight excluding hydrogens is 184 g/mol. The third-order valence-corrected chi connectivity index (χ3v) is 3.04. The maximum atomic E-state index is 2.37. The summed E-state index contributed by atoms with van der Waals surface area (Å²) in [7, 11) is 0. The van der Waals surface area contributed by atoms with Crippen LogP contribution in [0, 0.1) is 5.92 Å². The molecule has 1 rings (SSSR count). The summed E-state index contributed by atoms with van der Waals surface area (Å²) < 4.78 is 4.52. The van der Waals surface area contributed by atoms with Crippen LogP contribution < -0.4 is 4.57 Å². The van der Waals surface area contributed by atoms with E-state index in [1.54, 1.807) is 0 Å². The number of hydrogen-bond donors (Lipinski definition) is 0. The molecule has 0 aliphatic heterocycles. The summed E-state index contributed by atoms with van der Waals surface area (Å²) in [5.74, 6) is 0.863. The van der Waals surface area contributed by atoms with Crippen LogP contribution in [0.3, 0.4) is 0 Å². The molecule has 1 aromatic heterocycles. The highest BCUT2D eigenvalue weighted by atomic mass is 15.1. The predicted octanol–water partition coefficient (Wildman–Crippen LogP) is 3.01. The lowest BCUT2D eigenvalue weighted by atomic mass is 10.0. The summed E-state index contributed by atoms with van der Waals surface area (Å²) in [6.07, 6.45) is 11.9. The Bertz CT molecular complexity index is 265. The van der Waals surface area contributed by atoms with Gasteiger partial charge in [-0.1, -0.05) is 33.1 Å². The van der Waals surface area contributed by atoms with E-state index >= 15 is 0 Å². The number of rotatable bonds is 7. The molecule has 0 aliphatic carbocycles. The first-order valence-corrected chi connectivity index (χ1v) is 6.31. The average molecular weight is 209 g/mol. The van der Waals surface area contributed by atoms with Gasteiger partial charge in [-0.25, -0.2) is 9.13 Å². The van der Waals surface area contributed by atoms with Crippen LogP contribution in [0.5, 0.6) is 0 Å². The van der Waals surface area contributed by atoms with Crippen molar-refractivity contribution in [2.75, 3.05) is 0 Å². The highest BCUT2D eigenvalue weighted by Crippen LogP contribution is 2.12. The van der Waals surface area contributed by atoms with E-state index < -0.39 is 0 Å². The number of aryl methyl sites for hydroxylation is 2. The quantitative estimate of drug-likeness (QED) is 0.610. The van der Waals surface area contributed by atoms with Crippen molar-refractivity contribution in [3.05, 3.63) is 18.7 Å². The molecule has 0 aliphatic rings. The van der Waals surface area contributed by atoms with Crippen LogP contribution in [0.15, 0.2) is 18.7 Å². The third-order valence-electron chi connectivity index (χ3n) is 3.04. The number of imidazole rings is 1. The molecule has 1 heterocycles. The lowest BCUT2D eigenvalue weighted by molar-refractivity contribution is -0.693. The molecule has 0 saturated heterocycles. The maximum absolute atomic E-state index is 2.37. The van der Waals surface area contributed by atoms with E-state index in [4.69, 9.17) is 0 Å². The normalized spacial score (nSPS) is 13.0. The van der Waals surface area contributed by atoms with E-state index in [2.05, 4.69) is 48.6 Å². The zero-order valence-electron chi connectivity index (χ0n) is 10.4. The van der Waals surface area contributed by atoms with Crippen molar-refractivity contribution < 1.29 is 4.57 Å². The predicted molar refractivity (Wildman–Crippen MR) is 63.6 cm³/mol. The number of hydrogen-bond acceptors (Lipinski definition) is 0. The van der Waals surface area contributed by atoms with E-state index in [9.17, 15) is 0 Å². The van der Waals surface area contributed by atoms with Gasteiger partial charge in [-0.05, 0) is 19.3 Å². The van der Waals surface area contributed by atoms with Gasteiger partial charge in [0.1, 0.15) is 12.4 Å². The van der Waals surface area contributed by atoms with Crippen LogP contribution in [0.25, 0.3) is 0 Å². The Balaban J connectivity index is 2.24. The highest BCUT2D eigenvalue weighted by molar-refractivity contribution is 4.67. The van der Waals surface area contributed by atoms with Gasteiger partial charge in [0.25, 0.3) is 0 Å². The van der Waals surface area contributed by atoms with Gasteiger partial charge < -0.3 is 0 Å². The molecule has 1 aromatic rings. The van der Waals surface area contributed by atoms with Crippen LogP contribution in [-0.2, 0) is 13.1 Å². The fraction of sp³-hybridized carbons (Fsp3) is 0.769. The van der Waals surface area contributed by atoms with E-state index in [1.807, 2.05) is 0 Å². The Morgan fingerprint density at radius 2 is 2.07 bits per heavy atom. The summed E-state index contributed by atoms with van der Waals surface area (Å²) in [5.41, 5.74) is 0. The number of unbranched alkanes of at least 4 members (excludes halogenated alkanes) is 1. The van der Waals surface area contributed by atoms with Gasteiger partial charge in [0.15, 0.2) is 0 Å². The molecule has 2 heteroatoms. The van der Waals surface area contributed by atoms with Crippen LogP contribution >= 0.6 is 0 Å². The smallest absolute Gasteiger partial charge is 0.237 e. The third kappa shape index (κ3) is 4.50. The van der Waals surface area contributed by atoms with Crippen molar-refractivity contribution in [1.82, 2.24) is 4.57 Å². The van der Waals surface area contributed by atoms with Gasteiger partial charge in [0.2, 0.25) is 6.33 Å². The first-order chi connectivity index (χ1) is 7.26. The van der Waals surface area contributed by atoms with Gasteiger partial charge in [-0.3, -0.25) is 0 Å². The molecule has 0 aromatic carbocycles. The summed E-state index contributed by atoms with van der Waals surface area (Å²) in [6.45, 7) is 9.04. The fourth-order valence-corrected chi connectivity index (χ4v) is 1.82. The van der Waals surface area contributed by atoms with E-state index in [1.165, 1.54) is 25.7 Å². The van der Waals surface area contributed by atoms with Crippen LogP contribution in [-0.4, -0.2) is 4.57 Å². The average Bonchev–Trinajstić information content (AvgIpc) is 2.71. The maximum Gasteiger partial charge on any atom is 0.243 e. The Hall–Kier alpha value is -0.790. The zero-order chi connectivity index (χ0) is 11.1. The molecule has 0 amide bonds. The molecule has 1 atom stereocenters. The Kier molecular flexibility index (Phi) is 5.44. The zero-order valence-corrected chi connectivity index (χ0v) is 10.4. The topological polar surface area (TPSA) is 8.81 Å². The monoisotopic (exact) mass is 209 g/mol. The molecule has 0 radical (unpaired) electrons. The van der Waals surface area contributed by atoms with Crippen molar-refractivity contribution in [2.24, 2.45) is 5.92 Å². The molecule has 0 spiro atoms. The van der Waals surface area contributed by atoms with Crippen molar-refractivity contribution in [1.29, 1.82) is 0 Å². The van der Waals surface area contributed by atoms with Gasteiger partial charge in [-0.15, -0.1) is 0 Å². The Morgan fingerprint density at radius 1 is 1.27 bits per heavy atom. The van der Waals surface area contributed by atoms with E-state index in [0.717, 1.165) is 19.0 Å². The van der Waals surface area contributed by atoms with Gasteiger partial charge in [0.05, 0.1) is 13.1 Å². The van der Waals surface area contributed by atoms with Crippen molar-refractivity contribution >= 4 is 0 Å². The van der Waals surface area contributed by atoms with E-state index in [-0.39, 0.29) is 0 Å². The number of nitrogens with zero attached hydrogens (tertiary/aromatic N) is 2. The van der Waals surface area contributed by atoms with Crippen molar-refractivity contribution in [3.63, 3.8) is 0 Å². The molecule has 0 bridgehead atoms. The largest absolute Gasteiger partial charge is 0.243 e. The second-order valence-corrected chi connectivity index (χ2v) is 4.52. The van der Waals surface area contributed by atoms with Crippen LogP contribution in [0.2, 0.25) is 0 Å². The lowest BCUT2D eigenvalue weighted by Crippen LogP contribution is -2.28. The second kappa shape index (κ2) is 6.65. The van der Waals surface area contributed by atoms with E-state index in [0.29, 0.717) is 0 Å². The molecule has 1 unspecified atom stereocenters. The number of aromatic nitrogens is 2. The Morgan fingerprint density at radius 3 is 2.67 bits per heavy atom. The summed E-state index contributed by atoms with van der Waals surface area (Å²) in [4.78, 5) is 0.